The lowest BCUT2D eigenvalue weighted by Gasteiger charge is -2.11. The number of hydrogen-bond donors (Lipinski definition) is 1. The average molecular weight is 184 g/mol. The van der Waals surface area contributed by atoms with Gasteiger partial charge in [0.1, 0.15) is 0 Å². The lowest BCUT2D eigenvalue weighted by molar-refractivity contribution is -0.149. The van der Waals surface area contributed by atoms with Crippen LogP contribution in [0.4, 0.5) is 0 Å². The molecule has 0 aromatic carbocycles. The Bertz CT molecular complexity index is 295. The minimum absolute atomic E-state index is 0.567. The van der Waals surface area contributed by atoms with E-state index in [1.165, 1.54) is 13.3 Å². The Morgan fingerprint density at radius 3 is 3.00 bits per heavy atom. The summed E-state index contributed by atoms with van der Waals surface area (Å²) in [6.45, 7) is 2.60. The lowest BCUT2D eigenvalue weighted by Crippen LogP contribution is -2.17. The molecule has 72 valence electrons. The summed E-state index contributed by atoms with van der Waals surface area (Å²) in [7, 11) is 1.37. The van der Waals surface area contributed by atoms with Crippen LogP contribution in [0, 0.1) is 0 Å². The van der Waals surface area contributed by atoms with Crippen LogP contribution in [0.5, 0.6) is 0 Å². The molecule has 1 heterocycles. The quantitative estimate of drug-likeness (QED) is 0.747. The molecule has 1 rings (SSSR count). The van der Waals surface area contributed by atoms with Crippen LogP contribution in [0.3, 0.4) is 0 Å². The van der Waals surface area contributed by atoms with Crippen LogP contribution in [0.25, 0.3) is 0 Å². The van der Waals surface area contributed by atoms with Crippen LogP contribution in [0.2, 0.25) is 0 Å². The van der Waals surface area contributed by atoms with E-state index in [-0.39, 0.29) is 0 Å². The lowest BCUT2D eigenvalue weighted by atomic mass is 10.2. The van der Waals surface area contributed by atoms with Gasteiger partial charge in [-0.3, -0.25) is 0 Å². The van der Waals surface area contributed by atoms with E-state index in [0.717, 1.165) is 0 Å². The van der Waals surface area contributed by atoms with Crippen LogP contribution in [0.15, 0.2) is 12.5 Å². The number of aromatic nitrogens is 2. The molecule has 1 atom stereocenters. The molecule has 0 bridgehead atoms. The first-order valence-electron chi connectivity index (χ1n) is 3.96. The number of ether oxygens (including phenoxy) is 1. The zero-order valence-corrected chi connectivity index (χ0v) is 7.60. The predicted molar refractivity (Wildman–Crippen MR) is 45.3 cm³/mol. The number of aliphatic carboxylic acids is 1. The maximum atomic E-state index is 10.7. The summed E-state index contributed by atoms with van der Waals surface area (Å²) >= 11 is 0. The van der Waals surface area contributed by atoms with Gasteiger partial charge in [-0.1, -0.05) is 0 Å². The highest BCUT2D eigenvalue weighted by molar-refractivity contribution is 5.73. The first-order chi connectivity index (χ1) is 6.20. The summed E-state index contributed by atoms with van der Waals surface area (Å²) in [5.41, 5.74) is 0.567. The van der Waals surface area contributed by atoms with Gasteiger partial charge in [-0.25, -0.2) is 9.78 Å². The van der Waals surface area contributed by atoms with Crippen molar-refractivity contribution < 1.29 is 14.6 Å². The SMILES string of the molecule is CCn1cncc1C(OC)C(=O)O. The molecule has 0 aliphatic carbocycles. The second-order valence-electron chi connectivity index (χ2n) is 2.56. The van der Waals surface area contributed by atoms with Crippen molar-refractivity contribution in [2.75, 3.05) is 7.11 Å². The summed E-state index contributed by atoms with van der Waals surface area (Å²) in [6.07, 6.45) is 2.17. The van der Waals surface area contributed by atoms with Crippen molar-refractivity contribution in [2.24, 2.45) is 0 Å². The largest absolute Gasteiger partial charge is 0.479 e. The summed E-state index contributed by atoms with van der Waals surface area (Å²) < 4.78 is 6.58. The van der Waals surface area contributed by atoms with Gasteiger partial charge >= 0.3 is 5.97 Å². The third-order valence-corrected chi connectivity index (χ3v) is 1.81. The van der Waals surface area contributed by atoms with Gasteiger partial charge in [0, 0.05) is 13.7 Å². The number of aryl methyl sites for hydroxylation is 1. The van der Waals surface area contributed by atoms with E-state index in [4.69, 9.17) is 9.84 Å². The van der Waals surface area contributed by atoms with Gasteiger partial charge in [0.25, 0.3) is 0 Å². The molecule has 0 saturated carbocycles. The molecule has 0 aliphatic heterocycles. The molecule has 5 heteroatoms. The standard InChI is InChI=1S/C8H12N2O3/c1-3-10-5-9-4-6(10)7(13-2)8(11)12/h4-5,7H,3H2,1-2H3,(H,11,12). The maximum Gasteiger partial charge on any atom is 0.339 e. The minimum Gasteiger partial charge on any atom is -0.479 e. The van der Waals surface area contributed by atoms with E-state index < -0.39 is 12.1 Å². The highest BCUT2D eigenvalue weighted by Gasteiger charge is 2.22. The normalized spacial score (nSPS) is 12.8. The van der Waals surface area contributed by atoms with Crippen molar-refractivity contribution in [1.82, 2.24) is 9.55 Å². The van der Waals surface area contributed by atoms with E-state index in [2.05, 4.69) is 4.98 Å². The second-order valence-corrected chi connectivity index (χ2v) is 2.56. The molecule has 0 radical (unpaired) electrons. The van der Waals surface area contributed by atoms with E-state index in [1.807, 2.05) is 6.92 Å². The van der Waals surface area contributed by atoms with E-state index in [0.29, 0.717) is 12.2 Å². The Hall–Kier alpha value is -1.36. The molecule has 0 aliphatic rings. The molecule has 5 nitrogen and oxygen atoms in total. The first-order valence-corrected chi connectivity index (χ1v) is 3.96. The molecular weight excluding hydrogens is 172 g/mol. The molecule has 1 N–H and O–H groups in total. The summed E-state index contributed by atoms with van der Waals surface area (Å²) in [4.78, 5) is 14.6. The predicted octanol–water partition coefficient (Wildman–Crippen LogP) is 0.675. The van der Waals surface area contributed by atoms with Gasteiger partial charge in [-0.15, -0.1) is 0 Å². The second kappa shape index (κ2) is 4.04. The highest BCUT2D eigenvalue weighted by atomic mass is 16.5. The van der Waals surface area contributed by atoms with Crippen molar-refractivity contribution in [2.45, 2.75) is 19.6 Å². The first kappa shape index (κ1) is 9.73. The number of carboxylic acids is 1. The van der Waals surface area contributed by atoms with E-state index in [1.54, 1.807) is 10.9 Å². The maximum absolute atomic E-state index is 10.7. The van der Waals surface area contributed by atoms with Gasteiger partial charge in [-0.2, -0.15) is 0 Å². The van der Waals surface area contributed by atoms with Crippen LogP contribution >= 0.6 is 0 Å². The molecular formula is C8H12N2O3. The average Bonchev–Trinajstić information content (AvgIpc) is 2.53. The van der Waals surface area contributed by atoms with Gasteiger partial charge in [-0.05, 0) is 6.92 Å². The van der Waals surface area contributed by atoms with Crippen LogP contribution in [-0.4, -0.2) is 27.7 Å². The fourth-order valence-corrected chi connectivity index (χ4v) is 1.16. The third kappa shape index (κ3) is 1.86. The molecule has 0 saturated heterocycles. The zero-order valence-electron chi connectivity index (χ0n) is 7.60. The van der Waals surface area contributed by atoms with Gasteiger partial charge in [0.15, 0.2) is 6.10 Å². The fourth-order valence-electron chi connectivity index (χ4n) is 1.16. The Morgan fingerprint density at radius 2 is 2.54 bits per heavy atom. The molecule has 0 amide bonds. The number of methoxy groups -OCH3 is 1. The number of rotatable bonds is 4. The summed E-state index contributed by atoms with van der Waals surface area (Å²) in [5.74, 6) is -1.00. The third-order valence-electron chi connectivity index (χ3n) is 1.81. The minimum atomic E-state index is -1.00. The number of imidazole rings is 1. The van der Waals surface area contributed by atoms with Gasteiger partial charge in [0.05, 0.1) is 18.2 Å². The monoisotopic (exact) mass is 184 g/mol. The Morgan fingerprint density at radius 1 is 1.85 bits per heavy atom. The molecule has 0 fully saturated rings. The van der Waals surface area contributed by atoms with Gasteiger partial charge in [0.2, 0.25) is 0 Å². The van der Waals surface area contributed by atoms with Gasteiger partial charge < -0.3 is 14.4 Å². The van der Waals surface area contributed by atoms with Crippen molar-refractivity contribution in [3.05, 3.63) is 18.2 Å². The van der Waals surface area contributed by atoms with Crippen molar-refractivity contribution in [3.63, 3.8) is 0 Å². The molecule has 1 aromatic heterocycles. The summed E-state index contributed by atoms with van der Waals surface area (Å²) in [5, 5.41) is 8.80. The molecule has 0 spiro atoms. The van der Waals surface area contributed by atoms with Crippen LogP contribution in [0.1, 0.15) is 18.7 Å². The van der Waals surface area contributed by atoms with E-state index in [9.17, 15) is 4.79 Å². The molecule has 13 heavy (non-hydrogen) atoms. The topological polar surface area (TPSA) is 64.4 Å². The summed E-state index contributed by atoms with van der Waals surface area (Å²) in [6, 6.07) is 0. The molecule has 1 unspecified atom stereocenters. The number of hydrogen-bond acceptors (Lipinski definition) is 3. The number of carbonyl (C=O) groups is 1. The number of carboxylic acid groups (broad SMARTS) is 1. The van der Waals surface area contributed by atoms with E-state index >= 15 is 0 Å². The van der Waals surface area contributed by atoms with Crippen molar-refractivity contribution >= 4 is 5.97 Å². The van der Waals surface area contributed by atoms with Crippen LogP contribution in [-0.2, 0) is 16.1 Å². The molecule has 1 aromatic rings. The highest BCUT2D eigenvalue weighted by Crippen LogP contribution is 2.15. The zero-order chi connectivity index (χ0) is 9.84. The number of nitrogens with zero attached hydrogens (tertiary/aromatic N) is 2. The van der Waals surface area contributed by atoms with Crippen molar-refractivity contribution in [1.29, 1.82) is 0 Å². The van der Waals surface area contributed by atoms with Crippen molar-refractivity contribution in [3.8, 4) is 0 Å². The van der Waals surface area contributed by atoms with Crippen LogP contribution < -0.4 is 0 Å². The smallest absolute Gasteiger partial charge is 0.339 e. The Balaban J connectivity index is 2.96. The Kier molecular flexibility index (Phi) is 3.02. The Labute approximate surface area is 76.0 Å². The fraction of sp³-hybridized carbons (Fsp3) is 0.500.